The average molecular weight is 343 g/mol. The van der Waals surface area contributed by atoms with Crippen molar-refractivity contribution in [3.8, 4) is 0 Å². The second-order valence-corrected chi connectivity index (χ2v) is 5.76. The number of ether oxygens (including phenoxy) is 1. The molecule has 1 aliphatic heterocycles. The molecule has 0 aliphatic carbocycles. The van der Waals surface area contributed by atoms with E-state index in [0.717, 1.165) is 6.42 Å². The second kappa shape index (κ2) is 5.80. The summed E-state index contributed by atoms with van der Waals surface area (Å²) in [6.07, 6.45) is 0.724. The molecule has 1 unspecified atom stereocenters. The minimum absolute atomic E-state index is 0.0300. The number of aromatic carboxylic acids is 1. The highest BCUT2D eigenvalue weighted by molar-refractivity contribution is 9.10. The van der Waals surface area contributed by atoms with Crippen molar-refractivity contribution in [2.45, 2.75) is 18.9 Å². The molecule has 7 heteroatoms. The third-order valence-electron chi connectivity index (χ3n) is 3.12. The van der Waals surface area contributed by atoms with Gasteiger partial charge < -0.3 is 20.5 Å². The highest BCUT2D eigenvalue weighted by Gasteiger charge is 2.31. The van der Waals surface area contributed by atoms with Crippen LogP contribution in [0.25, 0.3) is 0 Å². The Balaban J connectivity index is 2.13. The summed E-state index contributed by atoms with van der Waals surface area (Å²) in [5.41, 5.74) is -0.156. The van der Waals surface area contributed by atoms with Gasteiger partial charge in [0.05, 0.1) is 23.4 Å². The minimum atomic E-state index is -1.10. The third kappa shape index (κ3) is 3.29. The van der Waals surface area contributed by atoms with Gasteiger partial charge in [-0.15, -0.1) is 0 Å². The fourth-order valence-electron chi connectivity index (χ4n) is 2.01. The maximum Gasteiger partial charge on any atom is 0.337 e. The number of rotatable bonds is 3. The molecular weight excluding hydrogens is 328 g/mol. The van der Waals surface area contributed by atoms with Crippen molar-refractivity contribution in [3.05, 3.63) is 28.2 Å². The Morgan fingerprint density at radius 3 is 2.80 bits per heavy atom. The van der Waals surface area contributed by atoms with Gasteiger partial charge in [-0.1, -0.05) is 6.07 Å². The Morgan fingerprint density at radius 2 is 2.20 bits per heavy atom. The van der Waals surface area contributed by atoms with E-state index < -0.39 is 17.5 Å². The lowest BCUT2D eigenvalue weighted by Crippen LogP contribution is -2.48. The van der Waals surface area contributed by atoms with E-state index in [1.807, 2.05) is 6.92 Å². The topological polar surface area (TPSA) is 87.7 Å². The predicted molar refractivity (Wildman–Crippen MR) is 77.1 cm³/mol. The maximum atomic E-state index is 12.0. The molecule has 0 saturated carbocycles. The molecule has 1 heterocycles. The molecular formula is C13H15BrN2O4. The monoisotopic (exact) mass is 342 g/mol. The lowest BCUT2D eigenvalue weighted by atomic mass is 10.0. The largest absolute Gasteiger partial charge is 0.478 e. The molecule has 0 radical (unpaired) electrons. The quantitative estimate of drug-likeness (QED) is 0.787. The fraction of sp³-hybridized carbons (Fsp3) is 0.385. The van der Waals surface area contributed by atoms with Crippen LogP contribution >= 0.6 is 15.9 Å². The van der Waals surface area contributed by atoms with Crippen LogP contribution in [0.2, 0.25) is 0 Å². The molecule has 108 valence electrons. The summed E-state index contributed by atoms with van der Waals surface area (Å²) in [6, 6.07) is 4.25. The Hall–Kier alpha value is -1.60. The van der Waals surface area contributed by atoms with E-state index in [9.17, 15) is 9.59 Å². The molecule has 1 saturated heterocycles. The van der Waals surface area contributed by atoms with Crippen LogP contribution in [-0.4, -0.2) is 35.9 Å². The normalized spacial score (nSPS) is 21.5. The van der Waals surface area contributed by atoms with Gasteiger partial charge in [-0.25, -0.2) is 9.59 Å². The number of anilines is 1. The zero-order chi connectivity index (χ0) is 14.8. The Morgan fingerprint density at radius 1 is 1.45 bits per heavy atom. The van der Waals surface area contributed by atoms with E-state index in [1.165, 1.54) is 6.07 Å². The molecule has 0 aromatic heterocycles. The first-order valence-corrected chi connectivity index (χ1v) is 6.89. The van der Waals surface area contributed by atoms with Crippen LogP contribution in [0.1, 0.15) is 23.7 Å². The Kier molecular flexibility index (Phi) is 4.29. The van der Waals surface area contributed by atoms with Gasteiger partial charge in [-0.2, -0.15) is 0 Å². The van der Waals surface area contributed by atoms with Crippen molar-refractivity contribution in [2.24, 2.45) is 0 Å². The highest BCUT2D eigenvalue weighted by atomic mass is 79.9. The molecule has 6 nitrogen and oxygen atoms in total. The molecule has 1 atom stereocenters. The Bertz CT molecular complexity index is 541. The zero-order valence-corrected chi connectivity index (χ0v) is 12.5. The third-order valence-corrected chi connectivity index (χ3v) is 3.78. The molecule has 3 N–H and O–H groups in total. The number of carbonyl (C=O) groups excluding carboxylic acids is 1. The van der Waals surface area contributed by atoms with Gasteiger partial charge in [-0.3, -0.25) is 0 Å². The smallest absolute Gasteiger partial charge is 0.337 e. The number of amides is 2. The highest BCUT2D eigenvalue weighted by Crippen LogP contribution is 2.27. The van der Waals surface area contributed by atoms with Gasteiger partial charge in [0, 0.05) is 11.1 Å². The van der Waals surface area contributed by atoms with Crippen LogP contribution in [0.5, 0.6) is 0 Å². The first-order chi connectivity index (χ1) is 9.41. The molecule has 0 bridgehead atoms. The molecule has 2 rings (SSSR count). The van der Waals surface area contributed by atoms with Gasteiger partial charge in [0.1, 0.15) is 0 Å². The van der Waals surface area contributed by atoms with E-state index >= 15 is 0 Å². The van der Waals surface area contributed by atoms with Gasteiger partial charge in [0.15, 0.2) is 0 Å². The van der Waals surface area contributed by atoms with Crippen molar-refractivity contribution in [1.29, 1.82) is 0 Å². The van der Waals surface area contributed by atoms with E-state index in [2.05, 4.69) is 26.6 Å². The van der Waals surface area contributed by atoms with Crippen LogP contribution in [0.3, 0.4) is 0 Å². The fourth-order valence-corrected chi connectivity index (χ4v) is 2.48. The summed E-state index contributed by atoms with van der Waals surface area (Å²) in [5, 5.41) is 14.5. The number of hydrogen-bond donors (Lipinski definition) is 3. The van der Waals surface area contributed by atoms with Gasteiger partial charge >= 0.3 is 12.0 Å². The SMILES string of the molecule is CC1(NC(=O)Nc2c(Br)cccc2C(=O)O)CCOC1. The van der Waals surface area contributed by atoms with Crippen LogP contribution in [0, 0.1) is 0 Å². The second-order valence-electron chi connectivity index (χ2n) is 4.91. The summed E-state index contributed by atoms with van der Waals surface area (Å²) in [7, 11) is 0. The molecule has 1 aromatic rings. The number of carboxylic acids is 1. The first kappa shape index (κ1) is 14.8. The summed E-state index contributed by atoms with van der Waals surface area (Å²) >= 11 is 3.24. The van der Waals surface area contributed by atoms with Gasteiger partial charge in [0.2, 0.25) is 0 Å². The summed E-state index contributed by atoms with van der Waals surface area (Å²) in [4.78, 5) is 23.2. The van der Waals surface area contributed by atoms with E-state index in [1.54, 1.807) is 12.1 Å². The minimum Gasteiger partial charge on any atom is -0.478 e. The number of hydrogen-bond acceptors (Lipinski definition) is 3. The molecule has 0 spiro atoms. The maximum absolute atomic E-state index is 12.0. The zero-order valence-electron chi connectivity index (χ0n) is 10.9. The number of carboxylic acid groups (broad SMARTS) is 1. The molecule has 1 fully saturated rings. The lowest BCUT2D eigenvalue weighted by molar-refractivity contribution is 0.0698. The molecule has 1 aliphatic rings. The number of carbonyl (C=O) groups is 2. The number of nitrogens with one attached hydrogen (secondary N) is 2. The molecule has 1 aromatic carbocycles. The number of urea groups is 1. The van der Waals surface area contributed by atoms with Crippen molar-refractivity contribution in [3.63, 3.8) is 0 Å². The summed E-state index contributed by atoms with van der Waals surface area (Å²) in [6.45, 7) is 2.94. The number of para-hydroxylation sites is 1. The van der Waals surface area contributed by atoms with E-state index in [4.69, 9.17) is 9.84 Å². The van der Waals surface area contributed by atoms with Crippen LogP contribution in [0.4, 0.5) is 10.5 Å². The van der Waals surface area contributed by atoms with Crippen LogP contribution < -0.4 is 10.6 Å². The summed E-state index contributed by atoms with van der Waals surface area (Å²) < 4.78 is 5.77. The predicted octanol–water partition coefficient (Wildman–Crippen LogP) is 2.45. The van der Waals surface area contributed by atoms with Crippen LogP contribution in [-0.2, 0) is 4.74 Å². The van der Waals surface area contributed by atoms with Crippen molar-refractivity contribution in [1.82, 2.24) is 5.32 Å². The summed E-state index contributed by atoms with van der Waals surface area (Å²) in [5.74, 6) is -1.10. The number of halogens is 1. The van der Waals surface area contributed by atoms with Gasteiger partial charge in [0.25, 0.3) is 0 Å². The lowest BCUT2D eigenvalue weighted by Gasteiger charge is -2.24. The molecule has 20 heavy (non-hydrogen) atoms. The van der Waals surface area contributed by atoms with Crippen molar-refractivity contribution < 1.29 is 19.4 Å². The average Bonchev–Trinajstić information content (AvgIpc) is 2.77. The van der Waals surface area contributed by atoms with E-state index in [-0.39, 0.29) is 11.3 Å². The Labute approximate surface area is 124 Å². The van der Waals surface area contributed by atoms with Crippen molar-refractivity contribution in [2.75, 3.05) is 18.5 Å². The first-order valence-electron chi connectivity index (χ1n) is 6.10. The van der Waals surface area contributed by atoms with Crippen molar-refractivity contribution >= 4 is 33.6 Å². The van der Waals surface area contributed by atoms with Gasteiger partial charge in [-0.05, 0) is 41.4 Å². The number of benzene rings is 1. The standard InChI is InChI=1S/C13H15BrN2O4/c1-13(5-6-20-7-13)16-12(19)15-10-8(11(17)18)3-2-4-9(10)14/h2-4H,5-7H2,1H3,(H,17,18)(H2,15,16,19). The van der Waals surface area contributed by atoms with E-state index in [0.29, 0.717) is 17.7 Å². The van der Waals surface area contributed by atoms with Crippen LogP contribution in [0.15, 0.2) is 22.7 Å². The molecule has 2 amide bonds.